The van der Waals surface area contributed by atoms with E-state index in [0.29, 0.717) is 37.1 Å². The van der Waals surface area contributed by atoms with Crippen LogP contribution in [0.3, 0.4) is 0 Å². The first-order valence-corrected chi connectivity index (χ1v) is 25.2. The standard InChI is InChI=1S/C52H61F3N8O7S2/c1-32-44(72-31-58-32)35-9-7-33(8-10-35)28-57-46(66)42-26-39(64)29-61(42)47(67)45(50(2,3)4)59-43(65)19-23-69-24-22-60-20-17-34(18-21-60)30-70-40-15-13-37(14-16-40)63-49(71)62(48(68)51(63,5)6)38-12-11-36(27-56)41(25-38)52(53,54)55/h7-16,25,31,34,39,42,45,64H,17-24,26,28-30H2,1-6H3,(H,57,66)(H,59,65)/t39-,42+,45-/m1/s1. The molecular weight excluding hydrogens is 970 g/mol. The molecule has 384 valence electrons. The zero-order valence-electron chi connectivity index (χ0n) is 41.3. The SMILES string of the molecule is Cc1ncsc1-c1ccc(CNC(=O)[C@@H]2C[C@@H](O)CN2C(=O)[C@@H](NC(=O)CCOCCN2CCC(COc3ccc(N4C(=S)N(c5ccc(C#N)c(C(F)(F)F)c5)C(=O)C4(C)C)cc3)CC2)C(C)(C)C)cc1. The van der Waals surface area contributed by atoms with Crippen molar-refractivity contribution in [1.29, 1.82) is 5.26 Å². The van der Waals surface area contributed by atoms with Crippen LogP contribution in [-0.2, 0) is 36.6 Å². The van der Waals surface area contributed by atoms with E-state index in [1.807, 2.05) is 52.0 Å². The number of alkyl halides is 3. The van der Waals surface area contributed by atoms with Gasteiger partial charge in [0.1, 0.15) is 23.4 Å². The normalized spacial score (nSPS) is 19.1. The monoisotopic (exact) mass is 1030 g/mol. The summed E-state index contributed by atoms with van der Waals surface area (Å²) in [5.41, 5.74) is 1.56. The van der Waals surface area contributed by atoms with E-state index in [2.05, 4.69) is 20.5 Å². The van der Waals surface area contributed by atoms with Gasteiger partial charge in [0.25, 0.3) is 5.91 Å². The Morgan fingerprint density at radius 3 is 2.32 bits per heavy atom. The van der Waals surface area contributed by atoms with E-state index in [1.165, 1.54) is 11.0 Å². The van der Waals surface area contributed by atoms with Crippen LogP contribution in [0.2, 0.25) is 0 Å². The van der Waals surface area contributed by atoms with Crippen LogP contribution in [0.4, 0.5) is 24.5 Å². The van der Waals surface area contributed by atoms with Crippen molar-refractivity contribution < 1.29 is 46.9 Å². The molecule has 4 amide bonds. The molecule has 0 saturated carbocycles. The summed E-state index contributed by atoms with van der Waals surface area (Å²) in [6.07, 6.45) is -3.74. The number of halogens is 3. The van der Waals surface area contributed by atoms with Crippen molar-refractivity contribution in [2.75, 3.05) is 55.8 Å². The number of nitriles is 1. The van der Waals surface area contributed by atoms with Gasteiger partial charge in [-0.2, -0.15) is 18.4 Å². The summed E-state index contributed by atoms with van der Waals surface area (Å²) in [5, 5.41) is 25.6. The smallest absolute Gasteiger partial charge is 0.417 e. The van der Waals surface area contributed by atoms with Crippen molar-refractivity contribution in [3.05, 3.63) is 94.6 Å². The van der Waals surface area contributed by atoms with Crippen LogP contribution < -0.4 is 25.2 Å². The lowest BCUT2D eigenvalue weighted by Crippen LogP contribution is -2.57. The highest BCUT2D eigenvalue weighted by atomic mass is 32.1. The summed E-state index contributed by atoms with van der Waals surface area (Å²) in [6.45, 7) is 14.4. The Morgan fingerprint density at radius 1 is 1.01 bits per heavy atom. The fourth-order valence-electron chi connectivity index (χ4n) is 9.22. The van der Waals surface area contributed by atoms with Gasteiger partial charge in [-0.15, -0.1) is 11.3 Å². The summed E-state index contributed by atoms with van der Waals surface area (Å²) in [4.78, 5) is 66.0. The third-order valence-corrected chi connectivity index (χ3v) is 14.7. The Balaban J connectivity index is 0.810. The average Bonchev–Trinajstić information content (AvgIpc) is 4.01. The van der Waals surface area contributed by atoms with E-state index >= 15 is 0 Å². The van der Waals surface area contributed by atoms with Crippen molar-refractivity contribution in [3.8, 4) is 22.3 Å². The van der Waals surface area contributed by atoms with Gasteiger partial charge in [-0.05, 0) is 124 Å². The van der Waals surface area contributed by atoms with Gasteiger partial charge in [-0.3, -0.25) is 24.1 Å². The second kappa shape index (κ2) is 22.4. The number of thiazole rings is 1. The first-order chi connectivity index (χ1) is 34.1. The summed E-state index contributed by atoms with van der Waals surface area (Å²) in [5.74, 6) is -0.742. The van der Waals surface area contributed by atoms with Gasteiger partial charge < -0.3 is 39.9 Å². The quantitative estimate of drug-likeness (QED) is 0.0715. The molecule has 15 nitrogen and oxygen atoms in total. The number of thiocarbonyl (C=S) groups is 1. The largest absolute Gasteiger partial charge is 0.493 e. The molecule has 3 fully saturated rings. The van der Waals surface area contributed by atoms with E-state index in [9.17, 15) is 42.7 Å². The molecule has 3 N–H and O–H groups in total. The molecule has 4 heterocycles. The lowest BCUT2D eigenvalue weighted by atomic mass is 9.85. The molecule has 3 aromatic carbocycles. The number of carbonyl (C=O) groups is 4. The summed E-state index contributed by atoms with van der Waals surface area (Å²) >= 11 is 7.23. The molecule has 1 aromatic heterocycles. The lowest BCUT2D eigenvalue weighted by molar-refractivity contribution is -0.144. The van der Waals surface area contributed by atoms with E-state index in [4.69, 9.17) is 21.7 Å². The Kier molecular flexibility index (Phi) is 16.8. The highest BCUT2D eigenvalue weighted by Crippen LogP contribution is 2.40. The summed E-state index contributed by atoms with van der Waals surface area (Å²) in [6, 6.07) is 17.7. The molecule has 0 bridgehead atoms. The number of benzene rings is 3. The molecule has 7 rings (SSSR count). The first-order valence-electron chi connectivity index (χ1n) is 23.9. The van der Waals surface area contributed by atoms with Crippen LogP contribution in [0, 0.1) is 29.6 Å². The second-order valence-electron chi connectivity index (χ2n) is 20.1. The molecule has 0 unspecified atom stereocenters. The average molecular weight is 1030 g/mol. The number of carbonyl (C=O) groups excluding carboxylic acids is 4. The summed E-state index contributed by atoms with van der Waals surface area (Å²) < 4.78 is 53.3. The molecule has 0 radical (unpaired) electrons. The Morgan fingerprint density at radius 2 is 1.69 bits per heavy atom. The van der Waals surface area contributed by atoms with Crippen LogP contribution in [0.1, 0.15) is 82.7 Å². The number of hydrogen-bond donors (Lipinski definition) is 3. The van der Waals surface area contributed by atoms with E-state index in [1.54, 1.807) is 65.9 Å². The van der Waals surface area contributed by atoms with Crippen LogP contribution >= 0.6 is 23.6 Å². The predicted octanol–water partition coefficient (Wildman–Crippen LogP) is 7.23. The Bertz CT molecular complexity index is 2660. The highest BCUT2D eigenvalue weighted by Gasteiger charge is 2.51. The maximum Gasteiger partial charge on any atom is 0.417 e. The van der Waals surface area contributed by atoms with E-state index < -0.39 is 58.3 Å². The van der Waals surface area contributed by atoms with Crippen molar-refractivity contribution in [2.24, 2.45) is 11.3 Å². The molecular formula is C52H61F3N8O7S2. The van der Waals surface area contributed by atoms with Gasteiger partial charge in [0, 0.05) is 38.2 Å². The minimum atomic E-state index is -4.80. The molecule has 3 atom stereocenters. The number of aliphatic hydroxyl groups is 1. The van der Waals surface area contributed by atoms with Crippen LogP contribution in [0.25, 0.3) is 10.4 Å². The maximum atomic E-state index is 14.0. The number of rotatable bonds is 17. The van der Waals surface area contributed by atoms with Gasteiger partial charge in [-0.25, -0.2) is 4.98 Å². The van der Waals surface area contributed by atoms with Gasteiger partial charge in [0.15, 0.2) is 5.11 Å². The maximum absolute atomic E-state index is 14.0. The van der Waals surface area contributed by atoms with Crippen LogP contribution in [0.15, 0.2) is 72.2 Å². The van der Waals surface area contributed by atoms with E-state index in [0.717, 1.165) is 64.7 Å². The topological polar surface area (TPSA) is 181 Å². The van der Waals surface area contributed by atoms with Gasteiger partial charge in [-0.1, -0.05) is 45.0 Å². The minimum absolute atomic E-state index is 0.00760. The molecule has 72 heavy (non-hydrogen) atoms. The zero-order chi connectivity index (χ0) is 52.1. The van der Waals surface area contributed by atoms with Gasteiger partial charge in [0.05, 0.1) is 64.9 Å². The number of β-amino-alcohol motifs (C(OH)–C–C–N with tert-alkyl or cyclic N) is 1. The fourth-order valence-corrected chi connectivity index (χ4v) is 10.5. The molecule has 20 heteroatoms. The molecule has 4 aromatic rings. The second-order valence-corrected chi connectivity index (χ2v) is 21.3. The number of likely N-dealkylation sites (tertiary alicyclic amines) is 2. The van der Waals surface area contributed by atoms with Gasteiger partial charge >= 0.3 is 6.18 Å². The van der Waals surface area contributed by atoms with Crippen LogP contribution in [0.5, 0.6) is 5.75 Å². The van der Waals surface area contributed by atoms with Crippen molar-refractivity contribution in [1.82, 2.24) is 25.4 Å². The molecule has 3 aliphatic heterocycles. The van der Waals surface area contributed by atoms with Crippen molar-refractivity contribution in [3.63, 3.8) is 0 Å². The van der Waals surface area contributed by atoms with E-state index in [-0.39, 0.29) is 55.2 Å². The number of aliphatic hydroxyl groups excluding tert-OH is 1. The highest BCUT2D eigenvalue weighted by molar-refractivity contribution is 7.81. The van der Waals surface area contributed by atoms with Crippen molar-refractivity contribution in [2.45, 2.75) is 104 Å². The third kappa shape index (κ3) is 12.4. The number of hydrogen-bond acceptors (Lipinski definition) is 12. The number of anilines is 2. The number of piperidine rings is 1. The Labute approximate surface area is 427 Å². The Hall–Kier alpha value is -5.98. The third-order valence-electron chi connectivity index (χ3n) is 13.4. The van der Waals surface area contributed by atoms with Crippen LogP contribution in [-0.4, -0.2) is 118 Å². The fraction of sp³-hybridized carbons (Fsp3) is 0.481. The number of aryl methyl sites for hydroxylation is 1. The number of ether oxygens (including phenoxy) is 2. The van der Waals surface area contributed by atoms with Crippen molar-refractivity contribution >= 4 is 63.7 Å². The van der Waals surface area contributed by atoms with Gasteiger partial charge in [0.2, 0.25) is 17.7 Å². The zero-order valence-corrected chi connectivity index (χ0v) is 42.9. The number of aromatic nitrogens is 1. The number of nitrogens with one attached hydrogen (secondary N) is 2. The minimum Gasteiger partial charge on any atom is -0.493 e. The first kappa shape index (κ1) is 53.8. The predicted molar refractivity (Wildman–Crippen MR) is 271 cm³/mol. The molecule has 3 saturated heterocycles. The molecule has 0 spiro atoms. The number of nitrogens with zero attached hydrogens (tertiary/aromatic N) is 6. The summed E-state index contributed by atoms with van der Waals surface area (Å²) in [7, 11) is 0. The number of amides is 4. The molecule has 3 aliphatic rings. The lowest BCUT2D eigenvalue weighted by Gasteiger charge is -2.35. The molecule has 0 aliphatic carbocycles.